The summed E-state index contributed by atoms with van der Waals surface area (Å²) in [5.74, 6) is -0.645. The predicted molar refractivity (Wildman–Crippen MR) is 137 cm³/mol. The lowest BCUT2D eigenvalue weighted by molar-refractivity contribution is -0.117. The van der Waals surface area contributed by atoms with Gasteiger partial charge in [-0.3, -0.25) is 9.48 Å². The summed E-state index contributed by atoms with van der Waals surface area (Å²) in [7, 11) is -2.41. The van der Waals surface area contributed by atoms with Crippen LogP contribution in [0, 0.1) is 11.8 Å². The summed E-state index contributed by atoms with van der Waals surface area (Å²) in [5.41, 5.74) is 0.227. The van der Waals surface area contributed by atoms with Crippen LogP contribution in [-0.4, -0.2) is 48.0 Å². The molecule has 2 heterocycles. The monoisotopic (exact) mass is 576 g/mol. The van der Waals surface area contributed by atoms with Crippen LogP contribution >= 0.6 is 23.6 Å². The van der Waals surface area contributed by atoms with Crippen molar-refractivity contribution in [2.45, 2.75) is 62.1 Å². The summed E-state index contributed by atoms with van der Waals surface area (Å²) in [6, 6.07) is 0.980. The highest BCUT2D eigenvalue weighted by atomic mass is 32.2. The highest BCUT2D eigenvalue weighted by molar-refractivity contribution is 7.90. The van der Waals surface area contributed by atoms with E-state index < -0.39 is 34.4 Å². The number of hydrogen-bond acceptors (Lipinski definition) is 6. The molecule has 9 nitrogen and oxygen atoms in total. The molecule has 2 unspecified atom stereocenters. The van der Waals surface area contributed by atoms with E-state index in [1.165, 1.54) is 29.1 Å². The number of nitrogens with one attached hydrogen (secondary N) is 4. The van der Waals surface area contributed by atoms with E-state index in [0.717, 1.165) is 17.7 Å². The Hall–Kier alpha value is -2.23. The Morgan fingerprint density at radius 3 is 2.65 bits per heavy atom. The van der Waals surface area contributed by atoms with Crippen molar-refractivity contribution in [3.63, 3.8) is 0 Å². The highest BCUT2D eigenvalue weighted by Gasteiger charge is 2.44. The second-order valence-electron chi connectivity index (χ2n) is 9.72. The fourth-order valence-corrected chi connectivity index (χ4v) is 7.72. The van der Waals surface area contributed by atoms with E-state index in [-0.39, 0.29) is 33.2 Å². The third-order valence-electron chi connectivity index (χ3n) is 6.73. The number of carbonyl (C=O) groups is 1. The van der Waals surface area contributed by atoms with Gasteiger partial charge in [0, 0.05) is 30.6 Å². The van der Waals surface area contributed by atoms with Crippen molar-refractivity contribution in [1.29, 1.82) is 0 Å². The lowest BCUT2D eigenvalue weighted by atomic mass is 9.94. The molecule has 2 saturated carbocycles. The number of hydrogen-bond donors (Lipinski definition) is 4. The van der Waals surface area contributed by atoms with Crippen LogP contribution < -0.4 is 20.7 Å². The Morgan fingerprint density at radius 1 is 1.30 bits per heavy atom. The van der Waals surface area contributed by atoms with Gasteiger partial charge in [0.05, 0.1) is 5.92 Å². The van der Waals surface area contributed by atoms with Gasteiger partial charge in [-0.05, 0) is 62.2 Å². The lowest BCUT2D eigenvalue weighted by Gasteiger charge is -2.25. The van der Waals surface area contributed by atoms with Crippen LogP contribution in [0.25, 0.3) is 0 Å². The second kappa shape index (κ2) is 10.2. The molecule has 1 amide bonds. The molecule has 0 aromatic carbocycles. The van der Waals surface area contributed by atoms with Gasteiger partial charge in [-0.15, -0.1) is 11.3 Å². The quantitative estimate of drug-likeness (QED) is 0.339. The maximum Gasteiger partial charge on any atom is 0.282 e. The number of anilines is 2. The largest absolute Gasteiger partial charge is 0.359 e. The number of alkyl halides is 3. The Labute approximate surface area is 221 Å². The fraction of sp³-hybridized carbons (Fsp3) is 0.591. The molecule has 0 bridgehead atoms. The van der Waals surface area contributed by atoms with Gasteiger partial charge in [-0.2, -0.15) is 5.10 Å². The average Bonchev–Trinajstić information content (AvgIpc) is 3.72. The number of thiocarbonyl (C=S) groups is 1. The van der Waals surface area contributed by atoms with Crippen LogP contribution in [0.3, 0.4) is 0 Å². The number of fused-ring (bicyclic) bond motifs is 1. The van der Waals surface area contributed by atoms with Crippen LogP contribution in [0.15, 0.2) is 11.0 Å². The van der Waals surface area contributed by atoms with E-state index in [0.29, 0.717) is 43.1 Å². The number of nitrogens with zero attached hydrogens (tertiary/aromatic N) is 2. The molecule has 0 radical (unpaired) electrons. The average molecular weight is 577 g/mol. The molecule has 2 aromatic rings. The minimum Gasteiger partial charge on any atom is -0.359 e. The zero-order valence-electron chi connectivity index (χ0n) is 19.9. The van der Waals surface area contributed by atoms with E-state index in [4.69, 9.17) is 12.2 Å². The number of halogens is 3. The topological polar surface area (TPSA) is 117 Å². The smallest absolute Gasteiger partial charge is 0.282 e. The van der Waals surface area contributed by atoms with Crippen molar-refractivity contribution in [2.75, 3.05) is 17.2 Å². The maximum absolute atomic E-state index is 13.4. The molecule has 5 rings (SSSR count). The van der Waals surface area contributed by atoms with Crippen LogP contribution in [0.1, 0.15) is 48.2 Å². The summed E-state index contributed by atoms with van der Waals surface area (Å²) in [5, 5.41) is 12.8. The SMILES string of the molecule is Cn1nc(C(F)F)cc1NC(=S)N[C@H]1CCc2sc(NC(=O)C3CC3F)c(S(=O)(=O)NCC3CC3)c2C1. The van der Waals surface area contributed by atoms with E-state index in [1.54, 1.807) is 0 Å². The van der Waals surface area contributed by atoms with Gasteiger partial charge in [-0.1, -0.05) is 0 Å². The molecule has 3 aliphatic rings. The third kappa shape index (κ3) is 5.94. The van der Waals surface area contributed by atoms with Gasteiger partial charge in [0.25, 0.3) is 6.43 Å². The zero-order valence-corrected chi connectivity index (χ0v) is 22.3. The number of aromatic nitrogens is 2. The molecule has 2 aromatic heterocycles. The van der Waals surface area contributed by atoms with E-state index >= 15 is 0 Å². The maximum atomic E-state index is 13.4. The first kappa shape index (κ1) is 26.4. The van der Waals surface area contributed by atoms with Crippen LogP contribution in [0.2, 0.25) is 0 Å². The van der Waals surface area contributed by atoms with Crippen LogP contribution in [0.5, 0.6) is 0 Å². The lowest BCUT2D eigenvalue weighted by Crippen LogP contribution is -2.41. The van der Waals surface area contributed by atoms with Crippen molar-refractivity contribution >= 4 is 55.4 Å². The summed E-state index contributed by atoms with van der Waals surface area (Å²) >= 11 is 6.58. The van der Waals surface area contributed by atoms with Gasteiger partial charge in [0.1, 0.15) is 27.6 Å². The van der Waals surface area contributed by atoms with Crippen LogP contribution in [-0.2, 0) is 34.7 Å². The fourth-order valence-electron chi connectivity index (χ4n) is 4.36. The van der Waals surface area contributed by atoms with Gasteiger partial charge in [0.15, 0.2) is 5.11 Å². The number of aryl methyl sites for hydroxylation is 2. The molecular weight excluding hydrogens is 549 g/mol. The minimum atomic E-state index is -3.93. The molecule has 3 atom stereocenters. The van der Waals surface area contributed by atoms with Gasteiger partial charge in [0.2, 0.25) is 15.9 Å². The molecule has 202 valence electrons. The molecule has 15 heteroatoms. The van der Waals surface area contributed by atoms with E-state index in [9.17, 15) is 26.4 Å². The molecule has 0 aliphatic heterocycles. The molecular formula is C22H27F3N6O3S3. The number of thiophene rings is 1. The van der Waals surface area contributed by atoms with Crippen molar-refractivity contribution in [2.24, 2.45) is 18.9 Å². The first-order valence-electron chi connectivity index (χ1n) is 12.0. The van der Waals surface area contributed by atoms with Crippen molar-refractivity contribution < 1.29 is 26.4 Å². The van der Waals surface area contributed by atoms with E-state index in [1.807, 2.05) is 0 Å². The Bertz CT molecular complexity index is 1320. The standard InChI is InChI=1S/C22H27F3N6O3S3/c1-31-17(8-15(30-31)19(24)25)28-22(35)27-11-4-5-16-13(6-11)18(37(33,34)26-9-10-2-3-10)21(36-16)29-20(32)12-7-14(12)23/h8,10-12,14,19,26H,2-7,9H2,1H3,(H,29,32)(H2,27,28,35)/t11-,12?,14?/m0/s1. The Morgan fingerprint density at radius 2 is 2.03 bits per heavy atom. The first-order valence-corrected chi connectivity index (χ1v) is 14.7. The highest BCUT2D eigenvalue weighted by Crippen LogP contribution is 2.43. The van der Waals surface area contributed by atoms with Gasteiger partial charge >= 0.3 is 0 Å². The summed E-state index contributed by atoms with van der Waals surface area (Å²) in [6.07, 6.45) is -0.299. The number of carbonyl (C=O) groups excluding carboxylic acids is 1. The number of amides is 1. The number of sulfonamides is 1. The van der Waals surface area contributed by atoms with Crippen molar-refractivity contribution in [3.05, 3.63) is 22.2 Å². The number of rotatable bonds is 9. The predicted octanol–water partition coefficient (Wildman–Crippen LogP) is 3.25. The van der Waals surface area contributed by atoms with E-state index in [2.05, 4.69) is 25.8 Å². The van der Waals surface area contributed by atoms with Crippen LogP contribution in [0.4, 0.5) is 24.0 Å². The minimum absolute atomic E-state index is 0.0381. The molecule has 3 aliphatic carbocycles. The molecule has 0 spiro atoms. The van der Waals surface area contributed by atoms with Gasteiger partial charge in [-0.25, -0.2) is 26.3 Å². The summed E-state index contributed by atoms with van der Waals surface area (Å²) < 4.78 is 70.0. The molecule has 2 fully saturated rings. The first-order chi connectivity index (χ1) is 17.5. The summed E-state index contributed by atoms with van der Waals surface area (Å²) in [4.78, 5) is 13.3. The van der Waals surface area contributed by atoms with Gasteiger partial charge < -0.3 is 16.0 Å². The summed E-state index contributed by atoms with van der Waals surface area (Å²) in [6.45, 7) is 0.330. The molecule has 0 saturated heterocycles. The molecule has 4 N–H and O–H groups in total. The Kier molecular flexibility index (Phi) is 7.24. The van der Waals surface area contributed by atoms with Crippen molar-refractivity contribution in [3.8, 4) is 0 Å². The normalized spacial score (nSPS) is 23.0. The Balaban J connectivity index is 1.33. The second-order valence-corrected chi connectivity index (χ2v) is 12.9. The van der Waals surface area contributed by atoms with Crippen molar-refractivity contribution in [1.82, 2.24) is 19.8 Å². The third-order valence-corrected chi connectivity index (χ3v) is 9.82. The molecule has 37 heavy (non-hydrogen) atoms. The zero-order chi connectivity index (χ0) is 26.5.